The molecule has 0 unspecified atom stereocenters. The maximum absolute atomic E-state index is 12.8. The third kappa shape index (κ3) is 5.89. The highest BCUT2D eigenvalue weighted by atomic mass is 31.2. The summed E-state index contributed by atoms with van der Waals surface area (Å²) in [6.07, 6.45) is 6.26. The van der Waals surface area contributed by atoms with Crippen LogP contribution in [0.25, 0.3) is 6.08 Å². The molecule has 0 aliphatic rings. The largest absolute Gasteiger partial charge is 0.465 e. The number of unbranched alkanes of at least 4 members (excludes halogenated alkanes) is 2. The molecule has 6 heteroatoms. The van der Waals surface area contributed by atoms with Gasteiger partial charge in [0.25, 0.3) is 0 Å². The van der Waals surface area contributed by atoms with Crippen LogP contribution < -0.4 is 0 Å². The summed E-state index contributed by atoms with van der Waals surface area (Å²) < 4.78 is 28.8. The maximum atomic E-state index is 12.8. The highest BCUT2D eigenvalue weighted by molar-refractivity contribution is 7.59. The SMILES string of the molecule is CCCCOP(=O)(OCCCC)/C(C#N)=C/c1ccco1. The molecule has 0 spiro atoms. The summed E-state index contributed by atoms with van der Waals surface area (Å²) >= 11 is 0. The molecular weight excluding hydrogens is 289 g/mol. The third-order valence-electron chi connectivity index (χ3n) is 2.75. The summed E-state index contributed by atoms with van der Waals surface area (Å²) in [6, 6.07) is 5.30. The molecule has 0 aliphatic carbocycles. The predicted octanol–water partition coefficient (Wildman–Crippen LogP) is 4.97. The second-order valence-electron chi connectivity index (χ2n) is 4.53. The van der Waals surface area contributed by atoms with E-state index in [0.29, 0.717) is 19.0 Å². The minimum absolute atomic E-state index is 0.0235. The van der Waals surface area contributed by atoms with Crippen molar-refractivity contribution < 1.29 is 18.0 Å². The van der Waals surface area contributed by atoms with Crippen LogP contribution in [0.15, 0.2) is 28.1 Å². The fraction of sp³-hybridized carbons (Fsp3) is 0.533. The van der Waals surface area contributed by atoms with Gasteiger partial charge in [-0.05, 0) is 25.0 Å². The minimum atomic E-state index is -3.59. The van der Waals surface area contributed by atoms with Crippen LogP contribution in [-0.4, -0.2) is 13.2 Å². The first-order chi connectivity index (χ1) is 10.2. The van der Waals surface area contributed by atoms with Crippen molar-refractivity contribution in [1.82, 2.24) is 0 Å². The minimum Gasteiger partial charge on any atom is -0.465 e. The zero-order valence-electron chi connectivity index (χ0n) is 12.6. The lowest BCUT2D eigenvalue weighted by Crippen LogP contribution is -2.01. The molecule has 0 amide bonds. The molecule has 0 aromatic carbocycles. The van der Waals surface area contributed by atoms with Gasteiger partial charge in [0, 0.05) is 6.08 Å². The summed E-state index contributed by atoms with van der Waals surface area (Å²) in [5.74, 6) is 0.449. The summed E-state index contributed by atoms with van der Waals surface area (Å²) in [4.78, 5) is 0. The van der Waals surface area contributed by atoms with Crippen molar-refractivity contribution in [2.75, 3.05) is 13.2 Å². The van der Waals surface area contributed by atoms with Crippen molar-refractivity contribution in [3.63, 3.8) is 0 Å². The molecule has 0 N–H and O–H groups in total. The molecule has 1 heterocycles. The number of rotatable bonds is 10. The number of hydrogen-bond donors (Lipinski definition) is 0. The molecular formula is C15H22NO4P. The average Bonchev–Trinajstić information content (AvgIpc) is 2.98. The van der Waals surface area contributed by atoms with Crippen LogP contribution in [0.3, 0.4) is 0 Å². The zero-order chi connectivity index (χ0) is 15.6. The van der Waals surface area contributed by atoms with Gasteiger partial charge < -0.3 is 13.5 Å². The Hall–Kier alpha value is -1.34. The van der Waals surface area contributed by atoms with Crippen LogP contribution in [0, 0.1) is 11.3 Å². The van der Waals surface area contributed by atoms with E-state index < -0.39 is 7.60 Å². The molecule has 21 heavy (non-hydrogen) atoms. The summed E-state index contributed by atoms with van der Waals surface area (Å²) in [5, 5.41) is 9.26. The first-order valence-corrected chi connectivity index (χ1v) is 8.75. The van der Waals surface area contributed by atoms with Gasteiger partial charge in [0.15, 0.2) is 0 Å². The quantitative estimate of drug-likeness (QED) is 0.346. The molecule has 0 saturated carbocycles. The van der Waals surface area contributed by atoms with Gasteiger partial charge in [-0.2, -0.15) is 5.26 Å². The smallest absolute Gasteiger partial charge is 0.371 e. The number of hydrogen-bond acceptors (Lipinski definition) is 5. The van der Waals surface area contributed by atoms with Gasteiger partial charge in [-0.3, -0.25) is 4.57 Å². The normalized spacial score (nSPS) is 12.3. The number of allylic oxidation sites excluding steroid dienone is 1. The lowest BCUT2D eigenvalue weighted by molar-refractivity contribution is 0.206. The molecule has 1 aromatic rings. The Labute approximate surface area is 126 Å². The van der Waals surface area contributed by atoms with Crippen LogP contribution in [0.4, 0.5) is 0 Å². The fourth-order valence-corrected chi connectivity index (χ4v) is 3.01. The van der Waals surface area contributed by atoms with Crippen molar-refractivity contribution >= 4 is 13.7 Å². The Morgan fingerprint density at radius 3 is 2.38 bits per heavy atom. The van der Waals surface area contributed by atoms with Crippen molar-refractivity contribution in [2.24, 2.45) is 0 Å². The van der Waals surface area contributed by atoms with E-state index in [1.807, 2.05) is 19.9 Å². The molecule has 0 aliphatic heterocycles. The van der Waals surface area contributed by atoms with E-state index in [-0.39, 0.29) is 5.31 Å². The highest BCUT2D eigenvalue weighted by Crippen LogP contribution is 2.56. The standard InChI is InChI=1S/C15H22NO4P/c1-3-5-10-19-21(17,20-11-6-4-2)15(13-16)12-14-8-7-9-18-14/h7-9,12H,3-6,10-11H2,1-2H3/b15-12+. The lowest BCUT2D eigenvalue weighted by atomic mass is 10.4. The molecule has 0 saturated heterocycles. The van der Waals surface area contributed by atoms with E-state index in [0.717, 1.165) is 25.7 Å². The Kier molecular flexibility index (Phi) is 8.07. The second-order valence-corrected chi connectivity index (χ2v) is 6.52. The zero-order valence-corrected chi connectivity index (χ0v) is 13.5. The van der Waals surface area contributed by atoms with Crippen molar-refractivity contribution in [3.8, 4) is 6.07 Å². The van der Waals surface area contributed by atoms with Crippen LogP contribution in [0.2, 0.25) is 0 Å². The number of furan rings is 1. The number of nitriles is 1. The topological polar surface area (TPSA) is 72.5 Å². The van der Waals surface area contributed by atoms with Crippen molar-refractivity contribution in [3.05, 3.63) is 29.5 Å². The predicted molar refractivity (Wildman–Crippen MR) is 81.6 cm³/mol. The molecule has 0 atom stereocenters. The maximum Gasteiger partial charge on any atom is 0.371 e. The van der Waals surface area contributed by atoms with Gasteiger partial charge >= 0.3 is 7.60 Å². The average molecular weight is 311 g/mol. The van der Waals surface area contributed by atoms with Gasteiger partial charge in [-0.1, -0.05) is 26.7 Å². The molecule has 0 bridgehead atoms. The van der Waals surface area contributed by atoms with E-state index in [1.165, 1.54) is 12.3 Å². The van der Waals surface area contributed by atoms with Gasteiger partial charge in [0.2, 0.25) is 0 Å². The molecule has 1 aromatic heterocycles. The van der Waals surface area contributed by atoms with Crippen molar-refractivity contribution in [1.29, 1.82) is 5.26 Å². The van der Waals surface area contributed by atoms with Gasteiger partial charge in [-0.15, -0.1) is 0 Å². The van der Waals surface area contributed by atoms with Crippen molar-refractivity contribution in [2.45, 2.75) is 39.5 Å². The van der Waals surface area contributed by atoms with Crippen LogP contribution >= 0.6 is 7.60 Å². The van der Waals surface area contributed by atoms with E-state index in [2.05, 4.69) is 0 Å². The van der Waals surface area contributed by atoms with E-state index in [1.54, 1.807) is 12.1 Å². The lowest BCUT2D eigenvalue weighted by Gasteiger charge is -2.17. The van der Waals surface area contributed by atoms with Gasteiger partial charge in [0.1, 0.15) is 17.1 Å². The summed E-state index contributed by atoms with van der Waals surface area (Å²) in [5.41, 5.74) is 0. The van der Waals surface area contributed by atoms with E-state index >= 15 is 0 Å². The summed E-state index contributed by atoms with van der Waals surface area (Å²) in [7, 11) is -3.59. The molecule has 0 fully saturated rings. The Balaban J connectivity index is 2.91. The molecule has 0 radical (unpaired) electrons. The Morgan fingerprint density at radius 1 is 1.33 bits per heavy atom. The Bertz CT molecular complexity index is 502. The monoisotopic (exact) mass is 311 g/mol. The van der Waals surface area contributed by atoms with E-state index in [4.69, 9.17) is 13.5 Å². The number of nitrogens with zero attached hydrogens (tertiary/aromatic N) is 1. The van der Waals surface area contributed by atoms with E-state index in [9.17, 15) is 9.83 Å². The van der Waals surface area contributed by atoms with Gasteiger partial charge in [-0.25, -0.2) is 0 Å². The van der Waals surface area contributed by atoms with Gasteiger partial charge in [0.05, 0.1) is 19.5 Å². The van der Waals surface area contributed by atoms with Crippen LogP contribution in [0.1, 0.15) is 45.3 Å². The molecule has 5 nitrogen and oxygen atoms in total. The highest BCUT2D eigenvalue weighted by Gasteiger charge is 2.31. The van der Waals surface area contributed by atoms with Crippen LogP contribution in [-0.2, 0) is 13.6 Å². The Morgan fingerprint density at radius 2 is 1.95 bits per heavy atom. The first kappa shape index (κ1) is 17.7. The summed E-state index contributed by atoms with van der Waals surface area (Å²) in [6.45, 7) is 4.63. The molecule has 1 rings (SSSR count). The fourth-order valence-electron chi connectivity index (χ4n) is 1.52. The first-order valence-electron chi connectivity index (χ1n) is 7.21. The molecule has 116 valence electrons. The van der Waals surface area contributed by atoms with Crippen LogP contribution in [0.5, 0.6) is 0 Å². The third-order valence-corrected chi connectivity index (χ3v) is 4.61. The second kappa shape index (κ2) is 9.57.